The van der Waals surface area contributed by atoms with Gasteiger partial charge in [-0.25, -0.2) is 13.6 Å². The van der Waals surface area contributed by atoms with E-state index in [2.05, 4.69) is 4.74 Å². The maximum absolute atomic E-state index is 13.2. The molecule has 0 atom stereocenters. The molecule has 0 amide bonds. The fraction of sp³-hybridized carbons (Fsp3) is 0.125. The van der Waals surface area contributed by atoms with Crippen LogP contribution in [0.4, 0.5) is 23.2 Å². The summed E-state index contributed by atoms with van der Waals surface area (Å²) in [4.78, 5) is 10.5. The molecule has 0 aliphatic heterocycles. The van der Waals surface area contributed by atoms with Gasteiger partial charge in [0.15, 0.2) is 17.4 Å². The Morgan fingerprint density at radius 3 is 2.44 bits per heavy atom. The summed E-state index contributed by atoms with van der Waals surface area (Å²) in [5.41, 5.74) is 2.73. The van der Waals surface area contributed by atoms with Crippen LogP contribution in [0.2, 0.25) is 0 Å². The average molecular weight is 239 g/mol. The number of hydrogen-bond acceptors (Lipinski definition) is 3. The largest absolute Gasteiger partial charge is 0.478 e. The highest BCUT2D eigenvalue weighted by atomic mass is 19.3. The van der Waals surface area contributed by atoms with Crippen LogP contribution in [-0.2, 0) is 0 Å². The molecule has 0 saturated heterocycles. The number of alkyl halides is 2. The lowest BCUT2D eigenvalue weighted by atomic mass is 10.1. The second-order valence-electron chi connectivity index (χ2n) is 2.64. The first kappa shape index (κ1) is 12.1. The fourth-order valence-electron chi connectivity index (χ4n) is 1.01. The predicted molar refractivity (Wildman–Crippen MR) is 44.4 cm³/mol. The Morgan fingerprint density at radius 2 is 2.00 bits per heavy atom. The number of nitrogen functional groups attached to an aromatic ring is 1. The molecule has 0 unspecified atom stereocenters. The Kier molecular flexibility index (Phi) is 3.21. The fourth-order valence-corrected chi connectivity index (χ4v) is 1.01. The van der Waals surface area contributed by atoms with E-state index in [1.165, 1.54) is 0 Å². The van der Waals surface area contributed by atoms with E-state index in [0.29, 0.717) is 0 Å². The first-order valence-electron chi connectivity index (χ1n) is 3.80. The maximum Gasteiger partial charge on any atom is 0.387 e. The van der Waals surface area contributed by atoms with E-state index in [1.54, 1.807) is 0 Å². The second-order valence-corrected chi connectivity index (χ2v) is 2.64. The van der Waals surface area contributed by atoms with Crippen molar-refractivity contribution in [1.29, 1.82) is 0 Å². The van der Waals surface area contributed by atoms with E-state index < -0.39 is 41.2 Å². The summed E-state index contributed by atoms with van der Waals surface area (Å²) in [5, 5.41) is 8.50. The monoisotopic (exact) mass is 239 g/mol. The molecule has 0 bridgehead atoms. The summed E-state index contributed by atoms with van der Waals surface area (Å²) in [6.45, 7) is -3.40. The standard InChI is InChI=1S/C8H5F4NO3/c9-2-1-3(16-8(11)12)5(10)4(6(2)13)7(14)15/h1,8H,13H2,(H,14,15). The predicted octanol–water partition coefficient (Wildman–Crippen LogP) is 1.85. The van der Waals surface area contributed by atoms with Crippen LogP contribution in [0.3, 0.4) is 0 Å². The number of carboxylic acid groups (broad SMARTS) is 1. The van der Waals surface area contributed by atoms with Gasteiger partial charge in [0.25, 0.3) is 0 Å². The number of carboxylic acids is 1. The Labute approximate surface area is 86.2 Å². The van der Waals surface area contributed by atoms with Crippen LogP contribution in [0, 0.1) is 11.6 Å². The van der Waals surface area contributed by atoms with Gasteiger partial charge in [0.05, 0.1) is 5.69 Å². The zero-order valence-electron chi connectivity index (χ0n) is 7.51. The highest BCUT2D eigenvalue weighted by Gasteiger charge is 2.24. The third-order valence-corrected chi connectivity index (χ3v) is 1.65. The quantitative estimate of drug-likeness (QED) is 0.623. The van der Waals surface area contributed by atoms with Gasteiger partial charge >= 0.3 is 12.6 Å². The van der Waals surface area contributed by atoms with Crippen LogP contribution in [0.1, 0.15) is 10.4 Å². The molecule has 1 rings (SSSR count). The number of anilines is 1. The van der Waals surface area contributed by atoms with Gasteiger partial charge in [-0.2, -0.15) is 8.78 Å². The van der Waals surface area contributed by atoms with Gasteiger partial charge in [-0.1, -0.05) is 0 Å². The molecule has 1 aromatic carbocycles. The van der Waals surface area contributed by atoms with E-state index in [-0.39, 0.29) is 6.07 Å². The van der Waals surface area contributed by atoms with Crippen LogP contribution in [-0.4, -0.2) is 17.7 Å². The highest BCUT2D eigenvalue weighted by Crippen LogP contribution is 2.29. The van der Waals surface area contributed by atoms with E-state index in [0.717, 1.165) is 0 Å². The minimum absolute atomic E-state index is 0.253. The van der Waals surface area contributed by atoms with Crippen molar-refractivity contribution in [3.05, 3.63) is 23.3 Å². The normalized spacial score (nSPS) is 10.6. The Hall–Kier alpha value is -1.99. The zero-order valence-corrected chi connectivity index (χ0v) is 7.51. The molecule has 88 valence electrons. The topological polar surface area (TPSA) is 72.5 Å². The Morgan fingerprint density at radius 1 is 1.44 bits per heavy atom. The van der Waals surface area contributed by atoms with Crippen LogP contribution in [0.15, 0.2) is 6.07 Å². The van der Waals surface area contributed by atoms with Gasteiger partial charge in [-0.3, -0.25) is 0 Å². The first-order valence-corrected chi connectivity index (χ1v) is 3.80. The second kappa shape index (κ2) is 4.25. The van der Waals surface area contributed by atoms with Gasteiger partial charge < -0.3 is 15.6 Å². The summed E-state index contributed by atoms with van der Waals surface area (Å²) in [6.07, 6.45) is 0. The van der Waals surface area contributed by atoms with E-state index in [4.69, 9.17) is 10.8 Å². The number of carbonyl (C=O) groups is 1. The minimum Gasteiger partial charge on any atom is -0.478 e. The number of hydrogen-bond donors (Lipinski definition) is 2. The minimum atomic E-state index is -3.40. The lowest BCUT2D eigenvalue weighted by Gasteiger charge is -2.10. The molecule has 0 fully saturated rings. The van der Waals surface area contributed by atoms with Crippen LogP contribution >= 0.6 is 0 Å². The molecule has 0 saturated carbocycles. The maximum atomic E-state index is 13.2. The Balaban J connectivity index is 3.38. The summed E-state index contributed by atoms with van der Waals surface area (Å²) < 4.78 is 53.3. The van der Waals surface area contributed by atoms with E-state index in [9.17, 15) is 22.4 Å². The molecule has 0 aliphatic rings. The van der Waals surface area contributed by atoms with Crippen molar-refractivity contribution in [1.82, 2.24) is 0 Å². The van der Waals surface area contributed by atoms with Crippen molar-refractivity contribution in [2.75, 3.05) is 5.73 Å². The van der Waals surface area contributed by atoms with Gasteiger partial charge in [-0.05, 0) is 0 Å². The van der Waals surface area contributed by atoms with Crippen molar-refractivity contribution >= 4 is 11.7 Å². The number of halogens is 4. The van der Waals surface area contributed by atoms with E-state index >= 15 is 0 Å². The molecular weight excluding hydrogens is 234 g/mol. The SMILES string of the molecule is Nc1c(F)cc(OC(F)F)c(F)c1C(=O)O. The first-order chi connectivity index (χ1) is 7.34. The molecular formula is C8H5F4NO3. The zero-order chi connectivity index (χ0) is 12.5. The summed E-state index contributed by atoms with van der Waals surface area (Å²) in [7, 11) is 0. The lowest BCUT2D eigenvalue weighted by Crippen LogP contribution is -2.12. The molecule has 3 N–H and O–H groups in total. The molecule has 4 nitrogen and oxygen atoms in total. The van der Waals surface area contributed by atoms with Crippen molar-refractivity contribution < 1.29 is 32.2 Å². The molecule has 0 heterocycles. The van der Waals surface area contributed by atoms with Gasteiger partial charge in [0, 0.05) is 6.07 Å². The van der Waals surface area contributed by atoms with Gasteiger partial charge in [0.2, 0.25) is 0 Å². The molecule has 0 aromatic heterocycles. The summed E-state index contributed by atoms with van der Waals surface area (Å²) in [6, 6.07) is 0.253. The van der Waals surface area contributed by atoms with Gasteiger partial charge in [0.1, 0.15) is 5.56 Å². The molecule has 8 heteroatoms. The smallest absolute Gasteiger partial charge is 0.387 e. The molecule has 0 radical (unpaired) electrons. The molecule has 16 heavy (non-hydrogen) atoms. The van der Waals surface area contributed by atoms with Crippen molar-refractivity contribution in [2.45, 2.75) is 6.61 Å². The van der Waals surface area contributed by atoms with Crippen molar-refractivity contribution in [2.24, 2.45) is 0 Å². The summed E-state index contributed by atoms with van der Waals surface area (Å²) >= 11 is 0. The number of ether oxygens (including phenoxy) is 1. The third-order valence-electron chi connectivity index (χ3n) is 1.65. The molecule has 1 aromatic rings. The number of nitrogens with two attached hydrogens (primary N) is 1. The number of aromatic carboxylic acids is 1. The molecule has 0 aliphatic carbocycles. The lowest BCUT2D eigenvalue weighted by molar-refractivity contribution is -0.0524. The number of benzene rings is 1. The van der Waals surface area contributed by atoms with Crippen molar-refractivity contribution in [3.8, 4) is 5.75 Å². The number of rotatable bonds is 3. The van der Waals surface area contributed by atoms with Crippen molar-refractivity contribution in [3.63, 3.8) is 0 Å². The third kappa shape index (κ3) is 2.15. The summed E-state index contributed by atoms with van der Waals surface area (Å²) in [5.74, 6) is -6.09. The Bertz CT molecular complexity index is 436. The van der Waals surface area contributed by atoms with Gasteiger partial charge in [-0.15, -0.1) is 0 Å². The average Bonchev–Trinajstić information content (AvgIpc) is 2.13. The molecule has 0 spiro atoms. The van der Waals surface area contributed by atoms with Crippen LogP contribution in [0.25, 0.3) is 0 Å². The van der Waals surface area contributed by atoms with Crippen LogP contribution in [0.5, 0.6) is 5.75 Å². The highest BCUT2D eigenvalue weighted by molar-refractivity contribution is 5.94. The van der Waals surface area contributed by atoms with Crippen LogP contribution < -0.4 is 10.5 Å². The van der Waals surface area contributed by atoms with E-state index in [1.807, 2.05) is 0 Å².